The first-order valence-corrected chi connectivity index (χ1v) is 8.48. The van der Waals surface area contributed by atoms with Crippen LogP contribution < -0.4 is 4.74 Å². The van der Waals surface area contributed by atoms with Crippen LogP contribution in [0.5, 0.6) is 5.75 Å². The summed E-state index contributed by atoms with van der Waals surface area (Å²) in [6.07, 6.45) is 0. The van der Waals surface area contributed by atoms with E-state index in [-0.39, 0.29) is 11.5 Å². The molecule has 7 heteroatoms. The first-order chi connectivity index (χ1) is 9.98. The van der Waals surface area contributed by atoms with E-state index in [9.17, 15) is 13.5 Å². The first-order valence-electron chi connectivity index (χ1n) is 7.04. The third-order valence-corrected chi connectivity index (χ3v) is 5.50. The average Bonchev–Trinajstić information content (AvgIpc) is 2.48. The van der Waals surface area contributed by atoms with Gasteiger partial charge in [-0.15, -0.1) is 0 Å². The molecule has 0 aromatic heterocycles. The van der Waals surface area contributed by atoms with Gasteiger partial charge in [-0.2, -0.15) is 4.31 Å². The van der Waals surface area contributed by atoms with E-state index >= 15 is 0 Å². The molecule has 0 unspecified atom stereocenters. The highest BCUT2D eigenvalue weighted by Gasteiger charge is 2.28. The fourth-order valence-corrected chi connectivity index (χ4v) is 3.79. The maximum atomic E-state index is 12.6. The van der Waals surface area contributed by atoms with E-state index in [0.29, 0.717) is 31.0 Å². The van der Waals surface area contributed by atoms with Crippen LogP contribution in [-0.2, 0) is 16.6 Å². The fraction of sp³-hybridized carbons (Fsp3) is 0.571. The molecule has 0 amide bonds. The van der Waals surface area contributed by atoms with Crippen molar-refractivity contribution < 1.29 is 18.3 Å². The number of hydrogen-bond acceptors (Lipinski definition) is 5. The molecule has 21 heavy (non-hydrogen) atoms. The number of rotatable bonds is 5. The number of piperazine rings is 1. The second kappa shape index (κ2) is 6.74. The van der Waals surface area contributed by atoms with E-state index in [1.807, 2.05) is 14.0 Å². The predicted molar refractivity (Wildman–Crippen MR) is 79.8 cm³/mol. The maximum Gasteiger partial charge on any atom is 0.243 e. The van der Waals surface area contributed by atoms with Crippen LogP contribution in [0, 0.1) is 0 Å². The second-order valence-electron chi connectivity index (χ2n) is 5.07. The van der Waals surface area contributed by atoms with Crippen LogP contribution in [0.25, 0.3) is 0 Å². The molecule has 0 bridgehead atoms. The van der Waals surface area contributed by atoms with E-state index in [1.54, 1.807) is 6.07 Å². The van der Waals surface area contributed by atoms with Gasteiger partial charge in [0.05, 0.1) is 18.1 Å². The van der Waals surface area contributed by atoms with E-state index in [1.165, 1.54) is 16.4 Å². The molecule has 1 aliphatic rings. The Balaban J connectivity index is 2.27. The largest absolute Gasteiger partial charge is 0.494 e. The molecule has 0 spiro atoms. The van der Waals surface area contributed by atoms with Gasteiger partial charge >= 0.3 is 0 Å². The summed E-state index contributed by atoms with van der Waals surface area (Å²) in [5.41, 5.74) is 0.493. The quantitative estimate of drug-likeness (QED) is 0.858. The molecule has 1 aliphatic heterocycles. The van der Waals surface area contributed by atoms with Crippen molar-refractivity contribution in [2.45, 2.75) is 18.4 Å². The van der Waals surface area contributed by atoms with Crippen LogP contribution in [0.15, 0.2) is 23.1 Å². The van der Waals surface area contributed by atoms with E-state index in [2.05, 4.69) is 4.90 Å². The van der Waals surface area contributed by atoms with Gasteiger partial charge in [-0.25, -0.2) is 8.42 Å². The van der Waals surface area contributed by atoms with Crippen LogP contribution in [0.4, 0.5) is 0 Å². The number of hydrogen-bond donors (Lipinski definition) is 1. The summed E-state index contributed by atoms with van der Waals surface area (Å²) in [6, 6.07) is 4.65. The first kappa shape index (κ1) is 16.2. The molecule has 1 aromatic carbocycles. The third-order valence-electron chi connectivity index (χ3n) is 3.60. The molecule has 1 N–H and O–H groups in total. The molecule has 6 nitrogen and oxygen atoms in total. The molecule has 2 rings (SSSR count). The molecule has 0 atom stereocenters. The van der Waals surface area contributed by atoms with Crippen LogP contribution in [0.2, 0.25) is 0 Å². The average molecular weight is 314 g/mol. The van der Waals surface area contributed by atoms with Crippen LogP contribution in [0.3, 0.4) is 0 Å². The molecule has 0 aliphatic carbocycles. The second-order valence-corrected chi connectivity index (χ2v) is 7.01. The number of aliphatic hydroxyl groups is 1. The van der Waals surface area contributed by atoms with E-state index < -0.39 is 10.0 Å². The summed E-state index contributed by atoms with van der Waals surface area (Å²) >= 11 is 0. The predicted octanol–water partition coefficient (Wildman–Crippen LogP) is 0.514. The summed E-state index contributed by atoms with van der Waals surface area (Å²) in [5.74, 6) is 0.525. The number of benzene rings is 1. The Morgan fingerprint density at radius 3 is 2.48 bits per heavy atom. The van der Waals surface area contributed by atoms with Crippen LogP contribution in [-0.4, -0.2) is 62.6 Å². The standard InChI is InChI=1S/C14H22N2O4S/c1-3-20-14-5-4-13(10-12(14)11-17)21(18,19)16-8-6-15(2)7-9-16/h4-5,10,17H,3,6-9,11H2,1-2H3. The topological polar surface area (TPSA) is 70.1 Å². The van der Waals surface area contributed by atoms with Gasteiger partial charge < -0.3 is 14.7 Å². The number of aliphatic hydroxyl groups excluding tert-OH is 1. The van der Waals surface area contributed by atoms with Crippen molar-refractivity contribution in [2.24, 2.45) is 0 Å². The summed E-state index contributed by atoms with van der Waals surface area (Å²) in [7, 11) is -1.53. The smallest absolute Gasteiger partial charge is 0.243 e. The summed E-state index contributed by atoms with van der Waals surface area (Å²) < 4.78 is 32.1. The zero-order valence-electron chi connectivity index (χ0n) is 12.4. The molecule has 0 saturated carbocycles. The lowest BCUT2D eigenvalue weighted by Gasteiger charge is -2.31. The van der Waals surface area contributed by atoms with Gasteiger partial charge in [-0.3, -0.25) is 0 Å². The van der Waals surface area contributed by atoms with Gasteiger partial charge in [-0.1, -0.05) is 0 Å². The van der Waals surface area contributed by atoms with Crippen molar-refractivity contribution in [2.75, 3.05) is 39.8 Å². The number of likely N-dealkylation sites (N-methyl/N-ethyl adjacent to an activating group) is 1. The number of sulfonamides is 1. The zero-order valence-corrected chi connectivity index (χ0v) is 13.3. The van der Waals surface area contributed by atoms with Gasteiger partial charge in [0.1, 0.15) is 5.75 Å². The summed E-state index contributed by atoms with van der Waals surface area (Å²) in [4.78, 5) is 2.31. The van der Waals surface area contributed by atoms with Gasteiger partial charge in [0, 0.05) is 31.7 Å². The van der Waals surface area contributed by atoms with Gasteiger partial charge in [0.25, 0.3) is 0 Å². The Morgan fingerprint density at radius 1 is 1.24 bits per heavy atom. The fourth-order valence-electron chi connectivity index (χ4n) is 2.31. The highest BCUT2D eigenvalue weighted by atomic mass is 32.2. The SMILES string of the molecule is CCOc1ccc(S(=O)(=O)N2CCN(C)CC2)cc1CO. The third kappa shape index (κ3) is 3.55. The molecular formula is C14H22N2O4S. The monoisotopic (exact) mass is 314 g/mol. The molecule has 1 heterocycles. The molecule has 118 valence electrons. The summed E-state index contributed by atoms with van der Waals surface area (Å²) in [5, 5.41) is 9.39. The zero-order chi connectivity index (χ0) is 15.5. The molecular weight excluding hydrogens is 292 g/mol. The Bertz CT molecular complexity index is 581. The lowest BCUT2D eigenvalue weighted by atomic mass is 10.2. The molecule has 1 fully saturated rings. The van der Waals surface area contributed by atoms with Crippen molar-refractivity contribution in [3.05, 3.63) is 23.8 Å². The van der Waals surface area contributed by atoms with Gasteiger partial charge in [-0.05, 0) is 32.2 Å². The maximum absolute atomic E-state index is 12.6. The highest BCUT2D eigenvalue weighted by Crippen LogP contribution is 2.25. The van der Waals surface area contributed by atoms with E-state index in [0.717, 1.165) is 13.1 Å². The van der Waals surface area contributed by atoms with Crippen molar-refractivity contribution in [1.29, 1.82) is 0 Å². The van der Waals surface area contributed by atoms with Crippen molar-refractivity contribution in [1.82, 2.24) is 9.21 Å². The Kier molecular flexibility index (Phi) is 5.21. The minimum Gasteiger partial charge on any atom is -0.494 e. The van der Waals surface area contributed by atoms with Gasteiger partial charge in [0.15, 0.2) is 0 Å². The van der Waals surface area contributed by atoms with Crippen molar-refractivity contribution in [3.63, 3.8) is 0 Å². The molecule has 1 saturated heterocycles. The molecule has 0 radical (unpaired) electrons. The van der Waals surface area contributed by atoms with E-state index in [4.69, 9.17) is 4.74 Å². The van der Waals surface area contributed by atoms with Crippen LogP contribution in [0.1, 0.15) is 12.5 Å². The van der Waals surface area contributed by atoms with Crippen molar-refractivity contribution in [3.8, 4) is 5.75 Å². The minimum atomic E-state index is -3.51. The Hall–Kier alpha value is -1.15. The number of nitrogens with zero attached hydrogens (tertiary/aromatic N) is 2. The lowest BCUT2D eigenvalue weighted by molar-refractivity contribution is 0.222. The minimum absolute atomic E-state index is 0.208. The Morgan fingerprint density at radius 2 is 1.90 bits per heavy atom. The lowest BCUT2D eigenvalue weighted by Crippen LogP contribution is -2.47. The summed E-state index contributed by atoms with van der Waals surface area (Å²) in [6.45, 7) is 4.49. The number of ether oxygens (including phenoxy) is 1. The van der Waals surface area contributed by atoms with Gasteiger partial charge in [0.2, 0.25) is 10.0 Å². The molecule has 1 aromatic rings. The normalized spacial score (nSPS) is 17.9. The van der Waals surface area contributed by atoms with Crippen LogP contribution >= 0.6 is 0 Å². The highest BCUT2D eigenvalue weighted by molar-refractivity contribution is 7.89. The Labute approximate surface area is 126 Å². The van der Waals surface area contributed by atoms with Crippen molar-refractivity contribution >= 4 is 10.0 Å².